The summed E-state index contributed by atoms with van der Waals surface area (Å²) in [4.78, 5) is 18.9. The zero-order chi connectivity index (χ0) is 15.5. The summed E-state index contributed by atoms with van der Waals surface area (Å²) in [5.41, 5.74) is 1.28. The van der Waals surface area contributed by atoms with E-state index in [4.69, 9.17) is 0 Å². The van der Waals surface area contributed by atoms with Crippen molar-refractivity contribution in [1.29, 1.82) is 0 Å². The summed E-state index contributed by atoms with van der Waals surface area (Å²) in [7, 11) is 0. The maximum absolute atomic E-state index is 12.2. The van der Waals surface area contributed by atoms with Crippen molar-refractivity contribution in [1.82, 2.24) is 20.5 Å². The Balaban J connectivity index is 1.56. The molecule has 0 aliphatic carbocycles. The van der Waals surface area contributed by atoms with Crippen LogP contribution in [0.4, 0.5) is 5.82 Å². The van der Waals surface area contributed by atoms with Gasteiger partial charge in [-0.2, -0.15) is 5.10 Å². The molecule has 0 unspecified atom stereocenters. The Kier molecular flexibility index (Phi) is 4.42. The van der Waals surface area contributed by atoms with E-state index in [0.717, 1.165) is 41.9 Å². The Morgan fingerprint density at radius 2 is 2.18 bits per heavy atom. The van der Waals surface area contributed by atoms with Gasteiger partial charge >= 0.3 is 0 Å². The van der Waals surface area contributed by atoms with Crippen LogP contribution < -0.4 is 10.2 Å². The fraction of sp³-hybridized carbons (Fsp3) is 0.400. The first-order valence-corrected chi connectivity index (χ1v) is 8.12. The number of aromatic amines is 1. The van der Waals surface area contributed by atoms with E-state index in [0.29, 0.717) is 5.69 Å². The minimum Gasteiger partial charge on any atom is -0.356 e. The van der Waals surface area contributed by atoms with Gasteiger partial charge in [-0.15, -0.1) is 0 Å². The number of carbonyl (C=O) groups is 1. The van der Waals surface area contributed by atoms with E-state index < -0.39 is 0 Å². The molecule has 7 heteroatoms. The molecule has 1 saturated heterocycles. The number of halogens is 1. The Morgan fingerprint density at radius 1 is 1.41 bits per heavy atom. The zero-order valence-corrected chi connectivity index (χ0v) is 13.9. The van der Waals surface area contributed by atoms with Crippen molar-refractivity contribution in [3.63, 3.8) is 0 Å². The maximum Gasteiger partial charge on any atom is 0.273 e. The highest BCUT2D eigenvalue weighted by molar-refractivity contribution is 9.10. The summed E-state index contributed by atoms with van der Waals surface area (Å²) in [6, 6.07) is 6.10. The number of amides is 1. The molecule has 3 rings (SSSR count). The molecule has 2 aromatic rings. The highest BCUT2D eigenvalue weighted by Crippen LogP contribution is 2.20. The third-order valence-electron chi connectivity index (χ3n) is 3.89. The standard InChI is InChI=1S/C15H18BrN5O/c1-10-13(16)14(20-19-10)15(22)18-11-5-8-21(9-6-11)12-4-2-3-7-17-12/h2-4,7,11H,5-6,8-9H2,1H3,(H,18,22)(H,19,20). The number of H-pyrrole nitrogens is 1. The highest BCUT2D eigenvalue weighted by atomic mass is 79.9. The number of anilines is 1. The SMILES string of the molecule is Cc1[nH]nc(C(=O)NC2CCN(c3ccccn3)CC2)c1Br. The van der Waals surface area contributed by atoms with Gasteiger partial charge < -0.3 is 10.2 Å². The van der Waals surface area contributed by atoms with Crippen molar-refractivity contribution in [2.45, 2.75) is 25.8 Å². The number of pyridine rings is 1. The highest BCUT2D eigenvalue weighted by Gasteiger charge is 2.24. The lowest BCUT2D eigenvalue weighted by atomic mass is 10.0. The monoisotopic (exact) mass is 363 g/mol. The molecule has 2 N–H and O–H groups in total. The molecule has 2 aromatic heterocycles. The number of hydrogen-bond acceptors (Lipinski definition) is 4. The number of piperidine rings is 1. The number of hydrogen-bond donors (Lipinski definition) is 2. The van der Waals surface area contributed by atoms with Gasteiger partial charge in [-0.25, -0.2) is 4.98 Å². The lowest BCUT2D eigenvalue weighted by Crippen LogP contribution is -2.45. The first kappa shape index (κ1) is 15.0. The number of aromatic nitrogens is 3. The lowest BCUT2D eigenvalue weighted by Gasteiger charge is -2.33. The zero-order valence-electron chi connectivity index (χ0n) is 12.3. The van der Waals surface area contributed by atoms with E-state index in [1.807, 2.05) is 25.1 Å². The van der Waals surface area contributed by atoms with E-state index in [2.05, 4.69) is 41.3 Å². The summed E-state index contributed by atoms with van der Waals surface area (Å²) in [5.74, 6) is 0.866. The van der Waals surface area contributed by atoms with Crippen molar-refractivity contribution in [3.05, 3.63) is 40.3 Å². The Morgan fingerprint density at radius 3 is 2.77 bits per heavy atom. The molecule has 0 saturated carbocycles. The molecule has 1 fully saturated rings. The van der Waals surface area contributed by atoms with E-state index >= 15 is 0 Å². The van der Waals surface area contributed by atoms with Gasteiger partial charge in [-0.1, -0.05) is 6.07 Å². The molecule has 1 aliphatic rings. The summed E-state index contributed by atoms with van der Waals surface area (Å²) in [6.07, 6.45) is 3.62. The Bertz CT molecular complexity index is 649. The van der Waals surface area contributed by atoms with Crippen LogP contribution in [0.5, 0.6) is 0 Å². The summed E-state index contributed by atoms with van der Waals surface area (Å²) < 4.78 is 0.732. The molecule has 0 aromatic carbocycles. The second-order valence-corrected chi connectivity index (χ2v) is 6.23. The van der Waals surface area contributed by atoms with Gasteiger partial charge in [0.2, 0.25) is 0 Å². The number of nitrogens with zero attached hydrogens (tertiary/aromatic N) is 3. The lowest BCUT2D eigenvalue weighted by molar-refractivity contribution is 0.0925. The van der Waals surface area contributed by atoms with Gasteiger partial charge in [-0.3, -0.25) is 9.89 Å². The molecule has 3 heterocycles. The van der Waals surface area contributed by atoms with Crippen molar-refractivity contribution >= 4 is 27.7 Å². The largest absolute Gasteiger partial charge is 0.356 e. The van der Waals surface area contributed by atoms with Gasteiger partial charge in [0.1, 0.15) is 5.82 Å². The van der Waals surface area contributed by atoms with Crippen molar-refractivity contribution in [2.75, 3.05) is 18.0 Å². The second-order valence-electron chi connectivity index (χ2n) is 5.43. The smallest absolute Gasteiger partial charge is 0.273 e. The summed E-state index contributed by atoms with van der Waals surface area (Å²) in [6.45, 7) is 3.66. The number of carbonyl (C=O) groups excluding carboxylic acids is 1. The molecule has 0 bridgehead atoms. The molecule has 0 atom stereocenters. The van der Waals surface area contributed by atoms with Crippen molar-refractivity contribution < 1.29 is 4.79 Å². The molecular formula is C15H18BrN5O. The predicted molar refractivity (Wildman–Crippen MR) is 88.0 cm³/mol. The average Bonchev–Trinajstić information content (AvgIpc) is 2.88. The van der Waals surface area contributed by atoms with E-state index in [1.54, 1.807) is 6.20 Å². The Labute approximate surface area is 137 Å². The van der Waals surface area contributed by atoms with Gasteiger partial charge in [0.15, 0.2) is 5.69 Å². The number of rotatable bonds is 3. The molecule has 22 heavy (non-hydrogen) atoms. The van der Waals surface area contributed by atoms with E-state index in [9.17, 15) is 4.79 Å². The molecule has 1 aliphatic heterocycles. The van der Waals surface area contributed by atoms with Crippen LogP contribution in [0.1, 0.15) is 29.0 Å². The van der Waals surface area contributed by atoms with Crippen LogP contribution in [0.25, 0.3) is 0 Å². The van der Waals surface area contributed by atoms with Crippen molar-refractivity contribution in [2.24, 2.45) is 0 Å². The minimum atomic E-state index is -0.132. The normalized spacial score (nSPS) is 15.8. The van der Waals surface area contributed by atoms with Gasteiger partial charge in [-0.05, 0) is 47.8 Å². The van der Waals surface area contributed by atoms with Crippen LogP contribution in [-0.2, 0) is 0 Å². The average molecular weight is 364 g/mol. The second kappa shape index (κ2) is 6.48. The summed E-state index contributed by atoms with van der Waals surface area (Å²) >= 11 is 3.38. The molecule has 0 spiro atoms. The van der Waals surface area contributed by atoms with Crippen LogP contribution in [0.3, 0.4) is 0 Å². The first-order chi connectivity index (χ1) is 10.6. The number of aryl methyl sites for hydroxylation is 1. The van der Waals surface area contributed by atoms with Crippen LogP contribution >= 0.6 is 15.9 Å². The third kappa shape index (κ3) is 3.14. The fourth-order valence-electron chi connectivity index (χ4n) is 2.61. The van der Waals surface area contributed by atoms with Gasteiger partial charge in [0.05, 0.1) is 4.47 Å². The molecule has 6 nitrogen and oxygen atoms in total. The van der Waals surface area contributed by atoms with Crippen LogP contribution in [0.2, 0.25) is 0 Å². The topological polar surface area (TPSA) is 73.9 Å². The van der Waals surface area contributed by atoms with E-state index in [1.165, 1.54) is 0 Å². The van der Waals surface area contributed by atoms with Crippen LogP contribution in [0, 0.1) is 6.92 Å². The summed E-state index contributed by atoms with van der Waals surface area (Å²) in [5, 5.41) is 9.91. The van der Waals surface area contributed by atoms with Gasteiger partial charge in [0, 0.05) is 31.0 Å². The fourth-order valence-corrected chi connectivity index (χ4v) is 2.97. The quantitative estimate of drug-likeness (QED) is 0.877. The Hall–Kier alpha value is -1.89. The predicted octanol–water partition coefficient (Wildman–Crippen LogP) is 2.27. The molecule has 1 amide bonds. The number of nitrogens with one attached hydrogen (secondary N) is 2. The van der Waals surface area contributed by atoms with Crippen molar-refractivity contribution in [3.8, 4) is 0 Å². The maximum atomic E-state index is 12.2. The third-order valence-corrected chi connectivity index (χ3v) is 4.86. The van der Waals surface area contributed by atoms with Crippen LogP contribution in [0.15, 0.2) is 28.9 Å². The van der Waals surface area contributed by atoms with Crippen LogP contribution in [-0.4, -0.2) is 40.2 Å². The molecule has 0 radical (unpaired) electrons. The first-order valence-electron chi connectivity index (χ1n) is 7.32. The van der Waals surface area contributed by atoms with Gasteiger partial charge in [0.25, 0.3) is 5.91 Å². The molecule has 116 valence electrons. The van der Waals surface area contributed by atoms with E-state index in [-0.39, 0.29) is 11.9 Å². The minimum absolute atomic E-state index is 0.132. The molecular weight excluding hydrogens is 346 g/mol.